The Balaban J connectivity index is 1.70. The molecule has 0 saturated carbocycles. The summed E-state index contributed by atoms with van der Waals surface area (Å²) in [6.07, 6.45) is -3.85. The molecule has 1 amide bonds. The molecule has 0 spiro atoms. The predicted molar refractivity (Wildman–Crippen MR) is 83.1 cm³/mol. The van der Waals surface area contributed by atoms with Gasteiger partial charge in [0.05, 0.1) is 13.2 Å². The summed E-state index contributed by atoms with van der Waals surface area (Å²) in [5.74, 6) is -0.492. The molecule has 2 aliphatic rings. The van der Waals surface area contributed by atoms with Gasteiger partial charge in [0.1, 0.15) is 11.7 Å². The first kappa shape index (κ1) is 18.5. The van der Waals surface area contributed by atoms with Crippen LogP contribution in [-0.2, 0) is 10.9 Å². The number of nitrogens with one attached hydrogen (secondary N) is 1. The molecule has 0 aliphatic carbocycles. The lowest BCUT2D eigenvalue weighted by Crippen LogP contribution is -2.41. The van der Waals surface area contributed by atoms with Gasteiger partial charge in [-0.2, -0.15) is 18.2 Å². The maximum Gasteiger partial charge on any atom is 0.423 e. The van der Waals surface area contributed by atoms with E-state index in [1.165, 1.54) is 4.90 Å². The van der Waals surface area contributed by atoms with E-state index in [1.54, 1.807) is 0 Å². The van der Waals surface area contributed by atoms with E-state index in [1.807, 2.05) is 0 Å². The van der Waals surface area contributed by atoms with E-state index >= 15 is 0 Å². The summed E-state index contributed by atoms with van der Waals surface area (Å²) in [5.41, 5.74) is -1.03. The van der Waals surface area contributed by atoms with Crippen molar-refractivity contribution in [2.75, 3.05) is 31.6 Å². The van der Waals surface area contributed by atoms with Gasteiger partial charge in [0.25, 0.3) is 0 Å². The van der Waals surface area contributed by atoms with Crippen molar-refractivity contribution in [1.29, 1.82) is 0 Å². The van der Waals surface area contributed by atoms with Crippen molar-refractivity contribution >= 4 is 12.0 Å². The number of ether oxygens (including phenoxy) is 2. The topological polar surface area (TPSA) is 96.8 Å². The van der Waals surface area contributed by atoms with Gasteiger partial charge in [-0.1, -0.05) is 0 Å². The Morgan fingerprint density at radius 3 is 2.65 bits per heavy atom. The van der Waals surface area contributed by atoms with Crippen molar-refractivity contribution in [2.45, 2.75) is 37.6 Å². The van der Waals surface area contributed by atoms with E-state index in [4.69, 9.17) is 14.6 Å². The van der Waals surface area contributed by atoms with Gasteiger partial charge in [-0.25, -0.2) is 9.78 Å². The molecule has 2 saturated heterocycles. The van der Waals surface area contributed by atoms with Crippen molar-refractivity contribution in [2.24, 2.45) is 0 Å². The van der Waals surface area contributed by atoms with Crippen LogP contribution in [0.1, 0.15) is 24.8 Å². The normalized spacial score (nSPS) is 21.7. The van der Waals surface area contributed by atoms with Gasteiger partial charge in [0, 0.05) is 31.7 Å². The molecule has 1 aromatic rings. The third-order valence-electron chi connectivity index (χ3n) is 4.32. The molecule has 26 heavy (non-hydrogen) atoms. The fourth-order valence-electron chi connectivity index (χ4n) is 2.88. The standard InChI is InChI=1S/C15H19F3N4O4/c16-15(17,18)11-7-19-13(21-12(11)26-10-3-6-25-8-10)20-9-1-4-22(5-2-9)14(23)24/h7,9-10H,1-6,8H2,(H,23,24)(H,19,20,21). The highest BCUT2D eigenvalue weighted by Gasteiger charge is 2.37. The number of anilines is 1. The SMILES string of the molecule is O=C(O)N1CCC(Nc2ncc(C(F)(F)F)c(OC3CCOC3)n2)CC1. The van der Waals surface area contributed by atoms with Crippen LogP contribution in [0.2, 0.25) is 0 Å². The number of likely N-dealkylation sites (tertiary alicyclic amines) is 1. The molecule has 1 aromatic heterocycles. The summed E-state index contributed by atoms with van der Waals surface area (Å²) in [7, 11) is 0. The van der Waals surface area contributed by atoms with Crippen LogP contribution < -0.4 is 10.1 Å². The first-order valence-electron chi connectivity index (χ1n) is 8.26. The summed E-state index contributed by atoms with van der Waals surface area (Å²) in [4.78, 5) is 19.8. The predicted octanol–water partition coefficient (Wildman–Crippen LogP) is 2.22. The number of piperidine rings is 1. The number of carboxylic acid groups (broad SMARTS) is 1. The second-order valence-corrected chi connectivity index (χ2v) is 6.20. The average molecular weight is 376 g/mol. The van der Waals surface area contributed by atoms with Gasteiger partial charge in [0.15, 0.2) is 0 Å². The van der Waals surface area contributed by atoms with E-state index in [0.717, 1.165) is 0 Å². The fourth-order valence-corrected chi connectivity index (χ4v) is 2.88. The Hall–Kier alpha value is -2.30. The summed E-state index contributed by atoms with van der Waals surface area (Å²) >= 11 is 0. The number of hydrogen-bond donors (Lipinski definition) is 2. The van der Waals surface area contributed by atoms with Gasteiger partial charge in [-0.3, -0.25) is 0 Å². The summed E-state index contributed by atoms with van der Waals surface area (Å²) < 4.78 is 50.0. The largest absolute Gasteiger partial charge is 0.471 e. The van der Waals surface area contributed by atoms with Crippen LogP contribution in [0, 0.1) is 0 Å². The average Bonchev–Trinajstić information content (AvgIpc) is 3.07. The lowest BCUT2D eigenvalue weighted by atomic mass is 10.1. The number of aromatic nitrogens is 2. The molecule has 0 bridgehead atoms. The van der Waals surface area contributed by atoms with E-state index in [0.29, 0.717) is 45.2 Å². The molecule has 2 N–H and O–H groups in total. The Labute approximate surface area is 147 Å². The quantitative estimate of drug-likeness (QED) is 0.832. The first-order valence-corrected chi connectivity index (χ1v) is 8.26. The van der Waals surface area contributed by atoms with Gasteiger partial charge >= 0.3 is 12.3 Å². The minimum atomic E-state index is -4.62. The Morgan fingerprint density at radius 1 is 1.35 bits per heavy atom. The van der Waals surface area contributed by atoms with E-state index in [2.05, 4.69) is 15.3 Å². The molecule has 8 nitrogen and oxygen atoms in total. The highest BCUT2D eigenvalue weighted by Crippen LogP contribution is 2.36. The number of nitrogens with zero attached hydrogens (tertiary/aromatic N) is 3. The molecule has 3 rings (SSSR count). The number of alkyl halides is 3. The van der Waals surface area contributed by atoms with Crippen molar-refractivity contribution in [3.8, 4) is 5.88 Å². The number of hydrogen-bond acceptors (Lipinski definition) is 6. The van der Waals surface area contributed by atoms with Crippen molar-refractivity contribution in [3.05, 3.63) is 11.8 Å². The third-order valence-corrected chi connectivity index (χ3v) is 4.32. The van der Waals surface area contributed by atoms with Crippen LogP contribution >= 0.6 is 0 Å². The zero-order valence-corrected chi connectivity index (χ0v) is 13.8. The number of halogens is 3. The molecule has 3 heterocycles. The fraction of sp³-hybridized carbons (Fsp3) is 0.667. The molecule has 2 fully saturated rings. The Morgan fingerprint density at radius 2 is 2.08 bits per heavy atom. The van der Waals surface area contributed by atoms with E-state index in [-0.39, 0.29) is 18.6 Å². The molecule has 2 aliphatic heterocycles. The van der Waals surface area contributed by atoms with Crippen LogP contribution in [0.5, 0.6) is 5.88 Å². The minimum absolute atomic E-state index is 0.0284. The maximum absolute atomic E-state index is 13.2. The second kappa shape index (κ2) is 7.52. The Bertz CT molecular complexity index is 644. The molecule has 11 heteroatoms. The van der Waals surface area contributed by atoms with Gasteiger partial charge in [0.2, 0.25) is 11.8 Å². The number of amides is 1. The van der Waals surface area contributed by atoms with Gasteiger partial charge in [-0.15, -0.1) is 0 Å². The first-order chi connectivity index (χ1) is 12.3. The smallest absolute Gasteiger partial charge is 0.423 e. The minimum Gasteiger partial charge on any atom is -0.471 e. The van der Waals surface area contributed by atoms with E-state index < -0.39 is 29.8 Å². The molecular formula is C15H19F3N4O4. The molecule has 1 atom stereocenters. The third kappa shape index (κ3) is 4.45. The second-order valence-electron chi connectivity index (χ2n) is 6.20. The van der Waals surface area contributed by atoms with Crippen molar-refractivity contribution in [1.82, 2.24) is 14.9 Å². The summed E-state index contributed by atoms with van der Waals surface area (Å²) in [6, 6.07) is -0.120. The van der Waals surface area contributed by atoms with Crippen LogP contribution in [0.15, 0.2) is 6.20 Å². The maximum atomic E-state index is 13.2. The lowest BCUT2D eigenvalue weighted by molar-refractivity contribution is -0.139. The highest BCUT2D eigenvalue weighted by atomic mass is 19.4. The number of rotatable bonds is 4. The van der Waals surface area contributed by atoms with Crippen LogP contribution in [0.3, 0.4) is 0 Å². The van der Waals surface area contributed by atoms with Gasteiger partial charge in [-0.05, 0) is 12.8 Å². The lowest BCUT2D eigenvalue weighted by Gasteiger charge is -2.30. The Kier molecular flexibility index (Phi) is 5.35. The zero-order valence-electron chi connectivity index (χ0n) is 13.8. The molecule has 144 valence electrons. The zero-order chi connectivity index (χ0) is 18.7. The highest BCUT2D eigenvalue weighted by molar-refractivity contribution is 5.65. The van der Waals surface area contributed by atoms with Crippen LogP contribution in [0.25, 0.3) is 0 Å². The van der Waals surface area contributed by atoms with Crippen molar-refractivity contribution in [3.63, 3.8) is 0 Å². The molecule has 0 radical (unpaired) electrons. The van der Waals surface area contributed by atoms with Crippen LogP contribution in [-0.4, -0.2) is 64.5 Å². The van der Waals surface area contributed by atoms with Crippen molar-refractivity contribution < 1.29 is 32.5 Å². The monoisotopic (exact) mass is 376 g/mol. The van der Waals surface area contributed by atoms with E-state index in [9.17, 15) is 18.0 Å². The molecule has 0 aromatic carbocycles. The van der Waals surface area contributed by atoms with Crippen LogP contribution in [0.4, 0.5) is 23.9 Å². The summed E-state index contributed by atoms with van der Waals surface area (Å²) in [6.45, 7) is 1.34. The molecular weight excluding hydrogens is 357 g/mol. The summed E-state index contributed by atoms with van der Waals surface area (Å²) in [5, 5.41) is 11.9. The number of carbonyl (C=O) groups is 1. The van der Waals surface area contributed by atoms with Gasteiger partial charge < -0.3 is 24.8 Å². The molecule has 1 unspecified atom stereocenters.